The van der Waals surface area contributed by atoms with Crippen LogP contribution in [0.2, 0.25) is 0 Å². The summed E-state index contributed by atoms with van der Waals surface area (Å²) < 4.78 is 4.72. The second kappa shape index (κ2) is 4.68. The number of cyclic esters (lactones) is 1. The van der Waals surface area contributed by atoms with Crippen LogP contribution in [0.25, 0.3) is 0 Å². The van der Waals surface area contributed by atoms with E-state index in [1.54, 1.807) is 0 Å². The first-order valence-corrected chi connectivity index (χ1v) is 3.62. The molecule has 12 heavy (non-hydrogen) atoms. The van der Waals surface area contributed by atoms with Crippen LogP contribution in [0.4, 0.5) is 0 Å². The van der Waals surface area contributed by atoms with Crippen LogP contribution in [-0.4, -0.2) is 25.1 Å². The van der Waals surface area contributed by atoms with E-state index in [1.165, 1.54) is 0 Å². The Morgan fingerprint density at radius 2 is 1.92 bits per heavy atom. The van der Waals surface area contributed by atoms with Gasteiger partial charge in [-0.15, -0.1) is 0 Å². The molecule has 0 radical (unpaired) electrons. The number of ether oxygens (including phenoxy) is 1. The van der Waals surface area contributed by atoms with Gasteiger partial charge in [-0.25, -0.2) is 5.43 Å². The molecule has 0 amide bonds. The van der Waals surface area contributed by atoms with Gasteiger partial charge in [0.1, 0.15) is 6.61 Å². The van der Waals surface area contributed by atoms with Crippen LogP contribution in [0.5, 0.6) is 0 Å². The highest BCUT2D eigenvalue weighted by Crippen LogP contribution is 1.95. The average molecular weight is 174 g/mol. The quantitative estimate of drug-likeness (QED) is 0.453. The summed E-state index contributed by atoms with van der Waals surface area (Å²) in [6, 6.07) is 0. The summed E-state index contributed by atoms with van der Waals surface area (Å²) in [4.78, 5) is 25.9. The van der Waals surface area contributed by atoms with Gasteiger partial charge in [0.05, 0.1) is 12.8 Å². The van der Waals surface area contributed by atoms with Crippen molar-refractivity contribution in [3.8, 4) is 0 Å². The van der Waals surface area contributed by atoms with Gasteiger partial charge in [0, 0.05) is 6.54 Å². The maximum atomic E-state index is 10.8. The lowest BCUT2D eigenvalue weighted by Crippen LogP contribution is -2.37. The molecule has 6 nitrogen and oxygen atoms in total. The van der Waals surface area contributed by atoms with Crippen molar-refractivity contribution in [2.24, 2.45) is 0 Å². The highest BCUT2D eigenvalue weighted by Gasteiger charge is 2.10. The van der Waals surface area contributed by atoms with Crippen LogP contribution in [0.3, 0.4) is 0 Å². The Kier molecular flexibility index (Phi) is 3.49. The molecule has 2 N–H and O–H groups in total. The number of rotatable bonds is 0. The summed E-state index contributed by atoms with van der Waals surface area (Å²) in [5.74, 6) is -0.864. The number of hydrazine groups is 1. The first-order chi connectivity index (χ1) is 5.79. The molecule has 1 aliphatic rings. The molecule has 1 rings (SSSR count). The number of nitrogens with one attached hydrogen (secondary N) is 2. The van der Waals surface area contributed by atoms with Crippen LogP contribution in [0, 0.1) is 0 Å². The third-order valence-electron chi connectivity index (χ3n) is 1.26. The van der Waals surface area contributed by atoms with Crippen molar-refractivity contribution in [2.75, 3.05) is 13.2 Å². The SMILES string of the molecule is O=C1CCC(=O)ONNCCO1. The number of esters is 1. The fraction of sp³-hybridized carbons (Fsp3) is 0.667. The third kappa shape index (κ3) is 3.31. The van der Waals surface area contributed by atoms with Crippen molar-refractivity contribution < 1.29 is 19.2 Å². The van der Waals surface area contributed by atoms with Crippen molar-refractivity contribution in [1.29, 1.82) is 0 Å². The van der Waals surface area contributed by atoms with Gasteiger partial charge in [0.25, 0.3) is 0 Å². The zero-order chi connectivity index (χ0) is 8.81. The Balaban J connectivity index is 2.32. The van der Waals surface area contributed by atoms with Crippen LogP contribution in [0.1, 0.15) is 12.8 Å². The van der Waals surface area contributed by atoms with E-state index in [9.17, 15) is 9.59 Å². The lowest BCUT2D eigenvalue weighted by Gasteiger charge is -2.10. The average Bonchev–Trinajstić information content (AvgIpc) is 2.07. The highest BCUT2D eigenvalue weighted by atomic mass is 16.7. The first kappa shape index (κ1) is 8.95. The largest absolute Gasteiger partial charge is 0.464 e. The van der Waals surface area contributed by atoms with E-state index in [0.717, 1.165) is 0 Å². The highest BCUT2D eigenvalue weighted by molar-refractivity contribution is 5.77. The topological polar surface area (TPSA) is 76.7 Å². The zero-order valence-corrected chi connectivity index (χ0v) is 6.46. The van der Waals surface area contributed by atoms with E-state index >= 15 is 0 Å². The fourth-order valence-corrected chi connectivity index (χ4v) is 0.687. The van der Waals surface area contributed by atoms with E-state index in [2.05, 4.69) is 15.9 Å². The van der Waals surface area contributed by atoms with Gasteiger partial charge in [-0.1, -0.05) is 5.59 Å². The Morgan fingerprint density at radius 3 is 2.75 bits per heavy atom. The van der Waals surface area contributed by atoms with Crippen molar-refractivity contribution in [3.63, 3.8) is 0 Å². The van der Waals surface area contributed by atoms with Crippen molar-refractivity contribution in [1.82, 2.24) is 11.0 Å². The summed E-state index contributed by atoms with van der Waals surface area (Å²) in [7, 11) is 0. The molecule has 0 saturated carbocycles. The molecule has 1 aliphatic heterocycles. The molecule has 0 aromatic rings. The molecule has 0 atom stereocenters. The normalized spacial score (nSPS) is 21.0. The molecule has 0 aromatic carbocycles. The third-order valence-corrected chi connectivity index (χ3v) is 1.26. The summed E-state index contributed by atoms with van der Waals surface area (Å²) in [6.07, 6.45) is 0.105. The summed E-state index contributed by atoms with van der Waals surface area (Å²) >= 11 is 0. The van der Waals surface area contributed by atoms with E-state index in [1.807, 2.05) is 0 Å². The zero-order valence-electron chi connectivity index (χ0n) is 6.46. The number of carbonyl (C=O) groups excluding carboxylic acids is 2. The molecule has 1 fully saturated rings. The molecule has 68 valence electrons. The van der Waals surface area contributed by atoms with Crippen LogP contribution in [-0.2, 0) is 19.2 Å². The minimum atomic E-state index is -0.485. The van der Waals surface area contributed by atoms with Crippen LogP contribution < -0.4 is 11.0 Å². The molecular weight excluding hydrogens is 164 g/mol. The molecule has 0 aliphatic carbocycles. The molecule has 0 unspecified atom stereocenters. The van der Waals surface area contributed by atoms with E-state index in [4.69, 9.17) is 4.74 Å². The number of hydrogen-bond acceptors (Lipinski definition) is 6. The molecular formula is C6H10N2O4. The molecule has 1 heterocycles. The second-order valence-corrected chi connectivity index (χ2v) is 2.22. The predicted octanol–water partition coefficient (Wildman–Crippen LogP) is -1.12. The lowest BCUT2D eigenvalue weighted by molar-refractivity contribution is -0.159. The van der Waals surface area contributed by atoms with Gasteiger partial charge < -0.3 is 9.57 Å². The first-order valence-electron chi connectivity index (χ1n) is 3.62. The van der Waals surface area contributed by atoms with E-state index in [0.29, 0.717) is 6.54 Å². The van der Waals surface area contributed by atoms with E-state index < -0.39 is 5.97 Å². The molecule has 1 saturated heterocycles. The fourth-order valence-electron chi connectivity index (χ4n) is 0.687. The minimum absolute atomic E-state index is 0.0352. The van der Waals surface area contributed by atoms with Gasteiger partial charge in [-0.3, -0.25) is 9.59 Å². The molecule has 0 aromatic heterocycles. The van der Waals surface area contributed by atoms with Crippen molar-refractivity contribution >= 4 is 11.9 Å². The number of hydrogen-bond donors (Lipinski definition) is 2. The van der Waals surface area contributed by atoms with Crippen LogP contribution >= 0.6 is 0 Å². The summed E-state index contributed by atoms with van der Waals surface area (Å²) in [6.45, 7) is 0.669. The summed E-state index contributed by atoms with van der Waals surface area (Å²) in [5.41, 5.74) is 4.76. The van der Waals surface area contributed by atoms with Gasteiger partial charge in [-0.05, 0) is 0 Å². The predicted molar refractivity (Wildman–Crippen MR) is 37.4 cm³/mol. The van der Waals surface area contributed by atoms with Gasteiger partial charge >= 0.3 is 11.9 Å². The van der Waals surface area contributed by atoms with E-state index in [-0.39, 0.29) is 25.4 Å². The van der Waals surface area contributed by atoms with Gasteiger partial charge in [0.2, 0.25) is 0 Å². The van der Waals surface area contributed by atoms with Crippen molar-refractivity contribution in [2.45, 2.75) is 12.8 Å². The van der Waals surface area contributed by atoms with Gasteiger partial charge in [0.15, 0.2) is 0 Å². The second-order valence-electron chi connectivity index (χ2n) is 2.22. The minimum Gasteiger partial charge on any atom is -0.464 e. The Hall–Kier alpha value is -1.14. The molecule has 6 heteroatoms. The number of carbonyl (C=O) groups is 2. The maximum absolute atomic E-state index is 10.8. The molecule has 0 bridgehead atoms. The standard InChI is InChI=1S/C6H10N2O4/c9-5-1-2-6(10)12-8-7-3-4-11-5/h7-8H,1-4H2. The monoisotopic (exact) mass is 174 g/mol. The Labute approximate surface area is 69.1 Å². The Morgan fingerprint density at radius 1 is 1.17 bits per heavy atom. The Bertz CT molecular complexity index is 162. The molecule has 0 spiro atoms. The summed E-state index contributed by atoms with van der Waals surface area (Å²) in [5, 5.41) is 0. The van der Waals surface area contributed by atoms with Crippen LogP contribution in [0.15, 0.2) is 0 Å². The van der Waals surface area contributed by atoms with Crippen molar-refractivity contribution in [3.05, 3.63) is 0 Å². The smallest absolute Gasteiger partial charge is 0.327 e. The van der Waals surface area contributed by atoms with Gasteiger partial charge in [-0.2, -0.15) is 0 Å². The maximum Gasteiger partial charge on any atom is 0.327 e. The lowest BCUT2D eigenvalue weighted by atomic mass is 10.3.